The van der Waals surface area contributed by atoms with Crippen molar-refractivity contribution < 1.29 is 18.7 Å². The van der Waals surface area contributed by atoms with Crippen LogP contribution in [0.1, 0.15) is 0 Å². The van der Waals surface area contributed by atoms with Crippen LogP contribution >= 0.6 is 11.8 Å². The van der Waals surface area contributed by atoms with E-state index in [9.17, 15) is 9.18 Å². The summed E-state index contributed by atoms with van der Waals surface area (Å²) in [5.41, 5.74) is 1.50. The molecule has 8 nitrogen and oxygen atoms in total. The summed E-state index contributed by atoms with van der Waals surface area (Å²) < 4.78 is 27.1. The summed E-state index contributed by atoms with van der Waals surface area (Å²) in [6, 6.07) is 17.2. The van der Waals surface area contributed by atoms with Gasteiger partial charge in [0.2, 0.25) is 5.91 Å². The normalized spacial score (nSPS) is 14.5. The Balaban J connectivity index is 1.29. The Labute approximate surface area is 205 Å². The molecule has 5 rings (SSSR count). The van der Waals surface area contributed by atoms with Crippen LogP contribution in [0, 0.1) is 5.82 Å². The maximum absolute atomic E-state index is 13.5. The van der Waals surface area contributed by atoms with Crippen LogP contribution in [0.15, 0.2) is 78.2 Å². The van der Waals surface area contributed by atoms with E-state index in [1.807, 2.05) is 41.0 Å². The minimum absolute atomic E-state index is 0.0865. The highest BCUT2D eigenvalue weighted by atomic mass is 32.2. The molecule has 1 aliphatic rings. The first-order valence-corrected chi connectivity index (χ1v) is 11.9. The smallest absolute Gasteiger partial charge is 0.232 e. The lowest BCUT2D eigenvalue weighted by Crippen LogP contribution is -2.42. The molecule has 1 aliphatic heterocycles. The van der Waals surface area contributed by atoms with Gasteiger partial charge in [0.1, 0.15) is 12.4 Å². The van der Waals surface area contributed by atoms with E-state index in [1.165, 1.54) is 23.9 Å². The van der Waals surface area contributed by atoms with E-state index in [2.05, 4.69) is 15.2 Å². The molecular formula is C25H22FN5O3S. The van der Waals surface area contributed by atoms with E-state index in [4.69, 9.17) is 9.47 Å². The number of benzene rings is 2. The zero-order valence-corrected chi connectivity index (χ0v) is 19.7. The van der Waals surface area contributed by atoms with Crippen LogP contribution in [0.5, 0.6) is 11.5 Å². The molecule has 0 fully saturated rings. The Morgan fingerprint density at radius 1 is 1.09 bits per heavy atom. The van der Waals surface area contributed by atoms with Crippen LogP contribution in [-0.2, 0) is 4.79 Å². The average molecular weight is 492 g/mol. The highest BCUT2D eigenvalue weighted by molar-refractivity contribution is 7.99. The standard InChI is InChI=1S/C25H22FN5O3S/c1-30(14-20-15-33-21-4-2-3-5-22(21)34-20)23(32)16-35-25-29-28-24(17-10-12-27-13-11-17)31(25)19-8-6-18(26)7-9-19/h2-13,20H,14-16H2,1H3. The third-order valence-electron chi connectivity index (χ3n) is 5.45. The zero-order valence-electron chi connectivity index (χ0n) is 18.9. The van der Waals surface area contributed by atoms with Crippen LogP contribution in [0.3, 0.4) is 0 Å². The molecule has 0 radical (unpaired) electrons. The maximum atomic E-state index is 13.5. The molecule has 35 heavy (non-hydrogen) atoms. The summed E-state index contributed by atoms with van der Waals surface area (Å²) in [5.74, 6) is 1.68. The zero-order chi connectivity index (χ0) is 24.2. The van der Waals surface area contributed by atoms with E-state index in [-0.39, 0.29) is 23.6 Å². The lowest BCUT2D eigenvalue weighted by Gasteiger charge is -2.29. The molecule has 0 saturated heterocycles. The van der Waals surface area contributed by atoms with Gasteiger partial charge in [0.05, 0.1) is 12.3 Å². The number of carbonyl (C=O) groups is 1. The van der Waals surface area contributed by atoms with Crippen molar-refractivity contribution in [3.05, 3.63) is 78.9 Å². The molecule has 178 valence electrons. The summed E-state index contributed by atoms with van der Waals surface area (Å²) >= 11 is 1.27. The number of amides is 1. The summed E-state index contributed by atoms with van der Waals surface area (Å²) in [6.07, 6.45) is 3.07. The quantitative estimate of drug-likeness (QED) is 0.363. The fourth-order valence-electron chi connectivity index (χ4n) is 3.67. The molecule has 2 aromatic heterocycles. The third kappa shape index (κ3) is 5.12. The predicted octanol–water partition coefficient (Wildman–Crippen LogP) is 3.86. The van der Waals surface area contributed by atoms with Crippen molar-refractivity contribution >= 4 is 17.7 Å². The number of hydrogen-bond acceptors (Lipinski definition) is 7. The average Bonchev–Trinajstić information content (AvgIpc) is 3.32. The molecule has 0 saturated carbocycles. The Morgan fingerprint density at radius 3 is 2.60 bits per heavy atom. The van der Waals surface area contributed by atoms with Crippen LogP contribution < -0.4 is 9.47 Å². The second kappa shape index (κ2) is 10.1. The summed E-state index contributed by atoms with van der Waals surface area (Å²) in [7, 11) is 1.74. The van der Waals surface area contributed by atoms with Crippen LogP contribution in [0.4, 0.5) is 4.39 Å². The molecule has 1 atom stereocenters. The number of hydrogen-bond donors (Lipinski definition) is 0. The maximum Gasteiger partial charge on any atom is 0.232 e. The van der Waals surface area contributed by atoms with E-state index in [1.54, 1.807) is 36.5 Å². The lowest BCUT2D eigenvalue weighted by atomic mass is 10.2. The van der Waals surface area contributed by atoms with E-state index in [0.29, 0.717) is 41.3 Å². The second-order valence-electron chi connectivity index (χ2n) is 7.91. The van der Waals surface area contributed by atoms with Crippen molar-refractivity contribution in [1.29, 1.82) is 0 Å². The van der Waals surface area contributed by atoms with Gasteiger partial charge in [-0.3, -0.25) is 14.3 Å². The van der Waals surface area contributed by atoms with Gasteiger partial charge in [-0.2, -0.15) is 0 Å². The molecule has 0 spiro atoms. The Bertz CT molecular complexity index is 1320. The molecule has 1 unspecified atom stereocenters. The number of rotatable bonds is 7. The van der Waals surface area contributed by atoms with Crippen molar-refractivity contribution in [3.63, 3.8) is 0 Å². The van der Waals surface area contributed by atoms with Crippen molar-refractivity contribution in [2.24, 2.45) is 0 Å². The van der Waals surface area contributed by atoms with Gasteiger partial charge in [-0.15, -0.1) is 10.2 Å². The number of fused-ring (bicyclic) bond motifs is 1. The fourth-order valence-corrected chi connectivity index (χ4v) is 4.56. The molecule has 1 amide bonds. The minimum atomic E-state index is -0.338. The van der Waals surface area contributed by atoms with Gasteiger partial charge < -0.3 is 14.4 Å². The number of nitrogens with zero attached hydrogens (tertiary/aromatic N) is 5. The topological polar surface area (TPSA) is 82.4 Å². The Hall–Kier alpha value is -3.92. The first-order chi connectivity index (χ1) is 17.1. The van der Waals surface area contributed by atoms with E-state index < -0.39 is 0 Å². The van der Waals surface area contributed by atoms with Crippen LogP contribution in [-0.4, -0.2) is 62.6 Å². The molecule has 0 aliphatic carbocycles. The number of likely N-dealkylation sites (N-methyl/N-ethyl adjacent to an activating group) is 1. The van der Waals surface area contributed by atoms with Gasteiger partial charge in [0.25, 0.3) is 0 Å². The molecule has 0 N–H and O–H groups in total. The van der Waals surface area contributed by atoms with Gasteiger partial charge in [0, 0.05) is 30.7 Å². The summed E-state index contributed by atoms with van der Waals surface area (Å²) in [6.45, 7) is 0.761. The highest BCUT2D eigenvalue weighted by Crippen LogP contribution is 2.31. The number of para-hydroxylation sites is 2. The number of ether oxygens (including phenoxy) is 2. The SMILES string of the molecule is CN(CC1COc2ccccc2O1)C(=O)CSc1nnc(-c2ccncc2)n1-c1ccc(F)cc1. The Kier molecular flexibility index (Phi) is 6.62. The van der Waals surface area contributed by atoms with Gasteiger partial charge in [-0.05, 0) is 48.5 Å². The fraction of sp³-hybridized carbons (Fsp3) is 0.200. The van der Waals surface area contributed by atoms with Crippen molar-refractivity contribution in [2.45, 2.75) is 11.3 Å². The second-order valence-corrected chi connectivity index (χ2v) is 8.86. The van der Waals surface area contributed by atoms with Crippen LogP contribution in [0.2, 0.25) is 0 Å². The molecule has 4 aromatic rings. The lowest BCUT2D eigenvalue weighted by molar-refractivity contribution is -0.128. The first-order valence-electron chi connectivity index (χ1n) is 11.0. The summed E-state index contributed by atoms with van der Waals surface area (Å²) in [4.78, 5) is 18.6. The van der Waals surface area contributed by atoms with Gasteiger partial charge in [-0.25, -0.2) is 4.39 Å². The molecule has 0 bridgehead atoms. The molecule has 2 aromatic carbocycles. The van der Waals surface area contributed by atoms with E-state index >= 15 is 0 Å². The third-order valence-corrected chi connectivity index (χ3v) is 6.37. The number of aromatic nitrogens is 4. The monoisotopic (exact) mass is 491 g/mol. The highest BCUT2D eigenvalue weighted by Gasteiger charge is 2.24. The van der Waals surface area contributed by atoms with Gasteiger partial charge >= 0.3 is 0 Å². The van der Waals surface area contributed by atoms with Crippen molar-refractivity contribution in [1.82, 2.24) is 24.6 Å². The number of thioether (sulfide) groups is 1. The molecule has 3 heterocycles. The van der Waals surface area contributed by atoms with Crippen molar-refractivity contribution in [2.75, 3.05) is 26.0 Å². The van der Waals surface area contributed by atoms with E-state index in [0.717, 1.165) is 5.56 Å². The van der Waals surface area contributed by atoms with Crippen molar-refractivity contribution in [3.8, 4) is 28.6 Å². The van der Waals surface area contributed by atoms with Gasteiger partial charge in [0.15, 0.2) is 28.6 Å². The van der Waals surface area contributed by atoms with Crippen LogP contribution in [0.25, 0.3) is 17.1 Å². The largest absolute Gasteiger partial charge is 0.486 e. The molecule has 10 heteroatoms. The number of pyridine rings is 1. The van der Waals surface area contributed by atoms with Gasteiger partial charge in [-0.1, -0.05) is 23.9 Å². The number of carbonyl (C=O) groups excluding carboxylic acids is 1. The Morgan fingerprint density at radius 2 is 1.83 bits per heavy atom. The first kappa shape index (κ1) is 22.9. The molecular weight excluding hydrogens is 469 g/mol. The minimum Gasteiger partial charge on any atom is -0.486 e. The predicted molar refractivity (Wildman–Crippen MR) is 129 cm³/mol. The summed E-state index contributed by atoms with van der Waals surface area (Å²) in [5, 5.41) is 9.17. The number of halogens is 1.